The van der Waals surface area contributed by atoms with Crippen molar-refractivity contribution in [2.24, 2.45) is 5.41 Å². The Labute approximate surface area is 186 Å². The van der Waals surface area contributed by atoms with E-state index < -0.39 is 9.75 Å². The number of carbonyl (C=O) groups is 2. The third-order valence-corrected chi connectivity index (χ3v) is 7.82. The number of halogens is 2. The molecule has 30 heavy (non-hydrogen) atoms. The predicted molar refractivity (Wildman–Crippen MR) is 116 cm³/mol. The van der Waals surface area contributed by atoms with Crippen molar-refractivity contribution < 1.29 is 19.1 Å². The van der Waals surface area contributed by atoms with Crippen LogP contribution in [0.3, 0.4) is 0 Å². The molecule has 4 nitrogen and oxygen atoms in total. The molecule has 0 radical (unpaired) electrons. The Morgan fingerprint density at radius 1 is 0.733 bits per heavy atom. The SMILES string of the molecule is CC(=O)Oc1ccc(C2(c3ccc(OC(C)=O)cc3)C(Cl)(Cl)C23CCCCC3)cc1. The molecule has 1 spiro atoms. The number of ether oxygens (including phenoxy) is 2. The summed E-state index contributed by atoms with van der Waals surface area (Å²) in [6.07, 6.45) is 5.23. The van der Waals surface area contributed by atoms with Crippen molar-refractivity contribution in [1.82, 2.24) is 0 Å². The number of hydrogen-bond acceptors (Lipinski definition) is 4. The summed E-state index contributed by atoms with van der Waals surface area (Å²) in [5, 5.41) is 0. The summed E-state index contributed by atoms with van der Waals surface area (Å²) >= 11 is 14.2. The molecule has 0 saturated heterocycles. The zero-order valence-electron chi connectivity index (χ0n) is 17.0. The first-order chi connectivity index (χ1) is 14.2. The number of esters is 2. The molecule has 0 aliphatic heterocycles. The predicted octanol–water partition coefficient (Wildman–Crippen LogP) is 5.96. The van der Waals surface area contributed by atoms with Gasteiger partial charge < -0.3 is 9.47 Å². The first-order valence-corrected chi connectivity index (χ1v) is 11.0. The molecule has 2 saturated carbocycles. The van der Waals surface area contributed by atoms with Crippen LogP contribution in [0.4, 0.5) is 0 Å². The topological polar surface area (TPSA) is 52.6 Å². The van der Waals surface area contributed by atoms with E-state index in [0.717, 1.165) is 36.8 Å². The summed E-state index contributed by atoms with van der Waals surface area (Å²) in [5.41, 5.74) is 1.12. The Morgan fingerprint density at radius 3 is 1.50 bits per heavy atom. The van der Waals surface area contributed by atoms with E-state index in [0.29, 0.717) is 11.5 Å². The van der Waals surface area contributed by atoms with Crippen molar-refractivity contribution in [3.05, 3.63) is 59.7 Å². The average Bonchev–Trinajstić information content (AvgIpc) is 3.11. The number of alkyl halides is 2. The van der Waals surface area contributed by atoms with Crippen LogP contribution in [0.15, 0.2) is 48.5 Å². The van der Waals surface area contributed by atoms with E-state index in [2.05, 4.69) is 0 Å². The van der Waals surface area contributed by atoms with Crippen molar-refractivity contribution in [2.75, 3.05) is 0 Å². The van der Waals surface area contributed by atoms with Crippen molar-refractivity contribution in [1.29, 1.82) is 0 Å². The highest BCUT2D eigenvalue weighted by Gasteiger charge is 2.86. The van der Waals surface area contributed by atoms with Gasteiger partial charge in [-0.15, -0.1) is 0 Å². The monoisotopic (exact) mass is 446 g/mol. The quantitative estimate of drug-likeness (QED) is 0.330. The summed E-state index contributed by atoms with van der Waals surface area (Å²) in [6, 6.07) is 14.9. The van der Waals surface area contributed by atoms with Gasteiger partial charge in [0.15, 0.2) is 0 Å². The van der Waals surface area contributed by atoms with Crippen LogP contribution in [0.1, 0.15) is 57.1 Å². The van der Waals surface area contributed by atoms with Crippen LogP contribution in [0, 0.1) is 5.41 Å². The smallest absolute Gasteiger partial charge is 0.308 e. The molecule has 4 rings (SSSR count). The van der Waals surface area contributed by atoms with Crippen molar-refractivity contribution in [3.63, 3.8) is 0 Å². The summed E-state index contributed by atoms with van der Waals surface area (Å²) in [4.78, 5) is 22.6. The lowest BCUT2D eigenvalue weighted by Crippen LogP contribution is -2.23. The average molecular weight is 447 g/mol. The Kier molecular flexibility index (Phi) is 5.36. The third-order valence-electron chi connectivity index (χ3n) is 6.53. The fourth-order valence-electron chi connectivity index (χ4n) is 5.41. The highest BCUT2D eigenvalue weighted by molar-refractivity contribution is 6.53. The Balaban J connectivity index is 1.81. The van der Waals surface area contributed by atoms with Gasteiger partial charge in [0.05, 0.1) is 5.41 Å². The largest absolute Gasteiger partial charge is 0.427 e. The Hall–Kier alpha value is -2.04. The maximum Gasteiger partial charge on any atom is 0.308 e. The zero-order chi connectivity index (χ0) is 21.6. The van der Waals surface area contributed by atoms with Crippen LogP contribution in [0.5, 0.6) is 11.5 Å². The molecule has 0 N–H and O–H groups in total. The maximum absolute atomic E-state index is 11.3. The highest BCUT2D eigenvalue weighted by atomic mass is 35.5. The normalized spacial score (nSPS) is 20.4. The minimum absolute atomic E-state index is 0.271. The van der Waals surface area contributed by atoms with E-state index >= 15 is 0 Å². The van der Waals surface area contributed by atoms with Crippen LogP contribution in [-0.2, 0) is 15.0 Å². The summed E-state index contributed by atoms with van der Waals surface area (Å²) in [5.74, 6) is 0.245. The molecule has 0 unspecified atom stereocenters. The Bertz CT molecular complexity index is 898. The lowest BCUT2D eigenvalue weighted by Gasteiger charge is -2.29. The van der Waals surface area contributed by atoms with E-state index in [9.17, 15) is 9.59 Å². The van der Waals surface area contributed by atoms with Gasteiger partial charge in [0.25, 0.3) is 0 Å². The number of rotatable bonds is 4. The van der Waals surface area contributed by atoms with E-state index in [4.69, 9.17) is 32.7 Å². The van der Waals surface area contributed by atoms with Gasteiger partial charge in [-0.25, -0.2) is 0 Å². The van der Waals surface area contributed by atoms with Crippen LogP contribution in [0.2, 0.25) is 0 Å². The molecule has 6 heteroatoms. The van der Waals surface area contributed by atoms with Crippen LogP contribution < -0.4 is 9.47 Å². The minimum atomic E-state index is -0.966. The second kappa shape index (κ2) is 7.58. The lowest BCUT2D eigenvalue weighted by molar-refractivity contribution is -0.132. The molecular formula is C24H24Cl2O4. The van der Waals surface area contributed by atoms with Gasteiger partial charge in [-0.3, -0.25) is 9.59 Å². The molecule has 2 aromatic carbocycles. The molecule has 0 atom stereocenters. The van der Waals surface area contributed by atoms with Crippen LogP contribution in [0.25, 0.3) is 0 Å². The van der Waals surface area contributed by atoms with Gasteiger partial charge in [-0.2, -0.15) is 0 Å². The van der Waals surface area contributed by atoms with E-state index in [-0.39, 0.29) is 17.4 Å². The van der Waals surface area contributed by atoms with Gasteiger partial charge >= 0.3 is 11.9 Å². The number of hydrogen-bond donors (Lipinski definition) is 0. The first kappa shape index (κ1) is 21.2. The second-order valence-electron chi connectivity index (χ2n) is 8.20. The van der Waals surface area contributed by atoms with Crippen LogP contribution >= 0.6 is 23.2 Å². The molecule has 0 bridgehead atoms. The number of benzene rings is 2. The zero-order valence-corrected chi connectivity index (χ0v) is 18.6. The van der Waals surface area contributed by atoms with E-state index in [1.165, 1.54) is 20.3 Å². The molecule has 0 amide bonds. The summed E-state index contributed by atoms with van der Waals surface area (Å²) < 4.78 is 9.43. The van der Waals surface area contributed by atoms with Gasteiger partial charge in [-0.05, 0) is 48.2 Å². The minimum Gasteiger partial charge on any atom is -0.427 e. The fraction of sp³-hybridized carbons (Fsp3) is 0.417. The molecule has 2 aromatic rings. The van der Waals surface area contributed by atoms with Crippen LogP contribution in [-0.4, -0.2) is 16.3 Å². The standard InChI is InChI=1S/C24H24Cl2O4/c1-16(27)29-20-10-6-18(7-11-20)23(19-8-12-21(13-9-19)30-17(2)28)22(24(23,25)26)14-4-3-5-15-22/h6-13H,3-5,14-15H2,1-2H3. The summed E-state index contributed by atoms with van der Waals surface area (Å²) in [6.45, 7) is 2.75. The molecule has 0 aromatic heterocycles. The van der Waals surface area contributed by atoms with E-state index in [1.807, 2.05) is 24.3 Å². The molecule has 158 valence electrons. The Morgan fingerprint density at radius 2 is 1.13 bits per heavy atom. The molecule has 0 heterocycles. The first-order valence-electron chi connectivity index (χ1n) is 10.2. The molecular weight excluding hydrogens is 423 g/mol. The lowest BCUT2D eigenvalue weighted by atomic mass is 9.73. The van der Waals surface area contributed by atoms with Gasteiger partial charge in [0, 0.05) is 19.3 Å². The van der Waals surface area contributed by atoms with E-state index in [1.54, 1.807) is 24.3 Å². The van der Waals surface area contributed by atoms with Gasteiger partial charge in [-0.1, -0.05) is 66.7 Å². The van der Waals surface area contributed by atoms with Crippen molar-refractivity contribution in [2.45, 2.75) is 55.7 Å². The summed E-state index contributed by atoms with van der Waals surface area (Å²) in [7, 11) is 0. The molecule has 2 aliphatic carbocycles. The maximum atomic E-state index is 11.3. The van der Waals surface area contributed by atoms with Gasteiger partial charge in [0.2, 0.25) is 0 Å². The van der Waals surface area contributed by atoms with Gasteiger partial charge in [0.1, 0.15) is 15.8 Å². The van der Waals surface area contributed by atoms with Crippen molar-refractivity contribution >= 4 is 35.1 Å². The molecule has 2 aliphatic rings. The third kappa shape index (κ3) is 3.04. The second-order valence-corrected chi connectivity index (χ2v) is 9.53. The number of carbonyl (C=O) groups excluding carboxylic acids is 2. The van der Waals surface area contributed by atoms with Crippen molar-refractivity contribution in [3.8, 4) is 11.5 Å². The molecule has 2 fully saturated rings. The highest BCUT2D eigenvalue weighted by Crippen LogP contribution is 2.84. The fourth-order valence-corrected chi connectivity index (χ4v) is 6.77.